The van der Waals surface area contributed by atoms with Gasteiger partial charge in [-0.25, -0.2) is 4.39 Å². The first-order chi connectivity index (χ1) is 13.6. The normalized spacial score (nSPS) is 11.0. The summed E-state index contributed by atoms with van der Waals surface area (Å²) in [6.07, 6.45) is 0. The Morgan fingerprint density at radius 3 is 2.43 bits per heavy atom. The molecule has 3 nitrogen and oxygen atoms in total. The second-order valence-electron chi connectivity index (χ2n) is 6.40. The molecule has 4 rings (SSSR count). The summed E-state index contributed by atoms with van der Waals surface area (Å²) in [6.45, 7) is 2.08. The summed E-state index contributed by atoms with van der Waals surface area (Å²) in [4.78, 5) is 0. The highest BCUT2D eigenvalue weighted by Crippen LogP contribution is 2.30. The number of aromatic nitrogens is 3. The fourth-order valence-corrected chi connectivity index (χ4v) is 3.94. The van der Waals surface area contributed by atoms with Crippen molar-refractivity contribution < 1.29 is 4.39 Å². The Hall–Kier alpha value is -2.63. The SMILES string of the molecule is Cc1cccc(CSc2nnc(-c3ccc(Cl)cc3)n2-c2ccc(F)cc2)c1. The van der Waals surface area contributed by atoms with Crippen LogP contribution in [0.2, 0.25) is 5.02 Å². The van der Waals surface area contributed by atoms with Gasteiger partial charge in [0, 0.05) is 22.0 Å². The number of thioether (sulfide) groups is 1. The molecule has 4 aromatic rings. The van der Waals surface area contributed by atoms with Gasteiger partial charge in [-0.15, -0.1) is 10.2 Å². The molecule has 0 atom stereocenters. The molecule has 0 spiro atoms. The van der Waals surface area contributed by atoms with Crippen molar-refractivity contribution in [3.05, 3.63) is 94.8 Å². The third-order valence-electron chi connectivity index (χ3n) is 4.27. The fourth-order valence-electron chi connectivity index (χ4n) is 2.92. The highest BCUT2D eigenvalue weighted by Gasteiger charge is 2.16. The molecule has 0 N–H and O–H groups in total. The summed E-state index contributed by atoms with van der Waals surface area (Å²) in [5.41, 5.74) is 4.14. The summed E-state index contributed by atoms with van der Waals surface area (Å²) in [5.74, 6) is 1.18. The Labute approximate surface area is 172 Å². The Bertz CT molecular complexity index is 1090. The molecule has 28 heavy (non-hydrogen) atoms. The average molecular weight is 410 g/mol. The van der Waals surface area contributed by atoms with Crippen LogP contribution in [0.5, 0.6) is 0 Å². The zero-order valence-corrected chi connectivity index (χ0v) is 16.7. The number of benzene rings is 3. The van der Waals surface area contributed by atoms with Gasteiger partial charge in [0.05, 0.1) is 0 Å². The Kier molecular flexibility index (Phi) is 5.46. The molecule has 0 amide bonds. The summed E-state index contributed by atoms with van der Waals surface area (Å²) >= 11 is 7.62. The van der Waals surface area contributed by atoms with Gasteiger partial charge in [-0.3, -0.25) is 4.57 Å². The van der Waals surface area contributed by atoms with E-state index in [0.717, 1.165) is 22.2 Å². The van der Waals surface area contributed by atoms with Gasteiger partial charge in [0.15, 0.2) is 11.0 Å². The number of nitrogens with zero attached hydrogens (tertiary/aromatic N) is 3. The number of aryl methyl sites for hydroxylation is 1. The maximum Gasteiger partial charge on any atom is 0.196 e. The quantitative estimate of drug-likeness (QED) is 0.361. The van der Waals surface area contributed by atoms with Gasteiger partial charge in [0.1, 0.15) is 5.82 Å². The van der Waals surface area contributed by atoms with Crippen LogP contribution in [0.4, 0.5) is 4.39 Å². The second kappa shape index (κ2) is 8.17. The monoisotopic (exact) mass is 409 g/mol. The molecule has 3 aromatic carbocycles. The van der Waals surface area contributed by atoms with Crippen molar-refractivity contribution in [1.82, 2.24) is 14.8 Å². The summed E-state index contributed by atoms with van der Waals surface area (Å²) in [5, 5.41) is 10.2. The first-order valence-corrected chi connectivity index (χ1v) is 10.1. The second-order valence-corrected chi connectivity index (χ2v) is 7.78. The minimum atomic E-state index is -0.279. The lowest BCUT2D eigenvalue weighted by atomic mass is 10.2. The third-order valence-corrected chi connectivity index (χ3v) is 5.52. The van der Waals surface area contributed by atoms with Gasteiger partial charge in [0.2, 0.25) is 0 Å². The molecule has 0 aliphatic rings. The minimum absolute atomic E-state index is 0.279. The molecule has 0 unspecified atom stereocenters. The van der Waals surface area contributed by atoms with Crippen LogP contribution >= 0.6 is 23.4 Å². The molecular formula is C22H17ClFN3S. The van der Waals surface area contributed by atoms with E-state index in [1.54, 1.807) is 23.9 Å². The third kappa shape index (κ3) is 4.11. The van der Waals surface area contributed by atoms with Crippen molar-refractivity contribution >= 4 is 23.4 Å². The van der Waals surface area contributed by atoms with Crippen molar-refractivity contribution in [3.63, 3.8) is 0 Å². The summed E-state index contributed by atoms with van der Waals surface area (Å²) in [6, 6.07) is 22.2. The molecule has 0 radical (unpaired) electrons. The lowest BCUT2D eigenvalue weighted by Gasteiger charge is -2.11. The first-order valence-electron chi connectivity index (χ1n) is 8.76. The van der Waals surface area contributed by atoms with E-state index in [1.807, 2.05) is 28.8 Å². The molecular weight excluding hydrogens is 393 g/mol. The van der Waals surface area contributed by atoms with Crippen molar-refractivity contribution in [3.8, 4) is 17.1 Å². The smallest absolute Gasteiger partial charge is 0.196 e. The van der Waals surface area contributed by atoms with Crippen LogP contribution in [0.1, 0.15) is 11.1 Å². The number of rotatable bonds is 5. The van der Waals surface area contributed by atoms with Gasteiger partial charge < -0.3 is 0 Å². The summed E-state index contributed by atoms with van der Waals surface area (Å²) in [7, 11) is 0. The fraction of sp³-hybridized carbons (Fsp3) is 0.0909. The van der Waals surface area contributed by atoms with Gasteiger partial charge in [0.25, 0.3) is 0 Å². The van der Waals surface area contributed by atoms with Crippen molar-refractivity contribution in [1.29, 1.82) is 0 Å². The Morgan fingerprint density at radius 1 is 0.964 bits per heavy atom. The van der Waals surface area contributed by atoms with E-state index in [4.69, 9.17) is 11.6 Å². The van der Waals surface area contributed by atoms with E-state index in [-0.39, 0.29) is 5.82 Å². The minimum Gasteiger partial charge on any atom is -0.270 e. The van der Waals surface area contributed by atoms with Crippen LogP contribution in [0.25, 0.3) is 17.1 Å². The molecule has 0 fully saturated rings. The standard InChI is InChI=1S/C22H17ClFN3S/c1-15-3-2-4-16(13-15)14-28-22-26-25-21(17-5-7-18(23)8-6-17)27(22)20-11-9-19(24)10-12-20/h2-13H,14H2,1H3. The highest BCUT2D eigenvalue weighted by molar-refractivity contribution is 7.98. The molecule has 6 heteroatoms. The molecule has 0 aliphatic heterocycles. The molecule has 1 aromatic heterocycles. The van der Waals surface area contributed by atoms with Crippen LogP contribution in [-0.2, 0) is 5.75 Å². The largest absolute Gasteiger partial charge is 0.270 e. The van der Waals surface area contributed by atoms with Gasteiger partial charge in [-0.2, -0.15) is 0 Å². The van der Waals surface area contributed by atoms with Crippen molar-refractivity contribution in [2.75, 3.05) is 0 Å². The zero-order valence-electron chi connectivity index (χ0n) is 15.1. The van der Waals surface area contributed by atoms with Crippen LogP contribution in [-0.4, -0.2) is 14.8 Å². The Morgan fingerprint density at radius 2 is 1.71 bits per heavy atom. The highest BCUT2D eigenvalue weighted by atomic mass is 35.5. The average Bonchev–Trinajstić information content (AvgIpc) is 3.11. The topological polar surface area (TPSA) is 30.7 Å². The maximum atomic E-state index is 13.4. The predicted octanol–water partition coefficient (Wildman–Crippen LogP) is 6.33. The molecule has 140 valence electrons. The van der Waals surface area contributed by atoms with Crippen LogP contribution in [0.3, 0.4) is 0 Å². The first kappa shape index (κ1) is 18.7. The summed E-state index contributed by atoms with van der Waals surface area (Å²) < 4.78 is 15.4. The molecule has 0 saturated heterocycles. The van der Waals surface area contributed by atoms with Gasteiger partial charge >= 0.3 is 0 Å². The molecule has 0 bridgehead atoms. The number of halogens is 2. The Balaban J connectivity index is 1.73. The van der Waals surface area contributed by atoms with Crippen LogP contribution < -0.4 is 0 Å². The van der Waals surface area contributed by atoms with E-state index >= 15 is 0 Å². The van der Waals surface area contributed by atoms with E-state index < -0.39 is 0 Å². The van der Waals surface area contributed by atoms with Gasteiger partial charge in [-0.05, 0) is 61.0 Å². The van der Waals surface area contributed by atoms with Crippen molar-refractivity contribution in [2.24, 2.45) is 0 Å². The van der Waals surface area contributed by atoms with E-state index in [9.17, 15) is 4.39 Å². The molecule has 1 heterocycles. The lowest BCUT2D eigenvalue weighted by molar-refractivity contribution is 0.627. The van der Waals surface area contributed by atoms with E-state index in [0.29, 0.717) is 10.8 Å². The maximum absolute atomic E-state index is 13.4. The van der Waals surface area contributed by atoms with Crippen LogP contribution in [0.15, 0.2) is 78.0 Å². The molecule has 0 saturated carbocycles. The van der Waals surface area contributed by atoms with Crippen molar-refractivity contribution in [2.45, 2.75) is 17.8 Å². The van der Waals surface area contributed by atoms with Gasteiger partial charge in [-0.1, -0.05) is 53.2 Å². The zero-order chi connectivity index (χ0) is 19.5. The number of hydrogen-bond donors (Lipinski definition) is 0. The predicted molar refractivity (Wildman–Crippen MR) is 113 cm³/mol. The van der Waals surface area contributed by atoms with E-state index in [1.165, 1.54) is 23.3 Å². The lowest BCUT2D eigenvalue weighted by Crippen LogP contribution is -2.00. The number of hydrogen-bond acceptors (Lipinski definition) is 3. The molecule has 0 aliphatic carbocycles. The van der Waals surface area contributed by atoms with Crippen LogP contribution in [0, 0.1) is 12.7 Å². The van der Waals surface area contributed by atoms with E-state index in [2.05, 4.69) is 41.4 Å².